The van der Waals surface area contributed by atoms with Crippen LogP contribution in [0.3, 0.4) is 0 Å². The molecule has 1 amide bonds. The normalized spacial score (nSPS) is 18.1. The number of anilines is 1. The quantitative estimate of drug-likeness (QED) is 0.832. The maximum absolute atomic E-state index is 12.2. The van der Waals surface area contributed by atoms with E-state index < -0.39 is 0 Å². The van der Waals surface area contributed by atoms with Crippen molar-refractivity contribution in [3.63, 3.8) is 0 Å². The van der Waals surface area contributed by atoms with Gasteiger partial charge in [-0.2, -0.15) is 0 Å². The van der Waals surface area contributed by atoms with Gasteiger partial charge in [0.05, 0.1) is 13.2 Å². The van der Waals surface area contributed by atoms with Crippen molar-refractivity contribution in [3.8, 4) is 0 Å². The molecule has 0 saturated carbocycles. The predicted octanol–water partition coefficient (Wildman–Crippen LogP) is 1.32. The molecule has 5 nitrogen and oxygen atoms in total. The maximum Gasteiger partial charge on any atom is 0.238 e. The second kappa shape index (κ2) is 8.27. The summed E-state index contributed by atoms with van der Waals surface area (Å²) in [5.41, 5.74) is 1.96. The summed E-state index contributed by atoms with van der Waals surface area (Å²) in [6, 6.07) is 8.08. The van der Waals surface area contributed by atoms with Crippen molar-refractivity contribution in [2.45, 2.75) is 26.3 Å². The molecule has 1 aliphatic rings. The van der Waals surface area contributed by atoms with E-state index in [1.807, 2.05) is 31.2 Å². The van der Waals surface area contributed by atoms with Gasteiger partial charge in [-0.15, -0.1) is 0 Å². The monoisotopic (exact) mass is 305 g/mol. The van der Waals surface area contributed by atoms with Gasteiger partial charge in [-0.1, -0.05) is 25.1 Å². The zero-order chi connectivity index (χ0) is 15.9. The van der Waals surface area contributed by atoms with Crippen molar-refractivity contribution >= 4 is 11.6 Å². The molecule has 122 valence electrons. The van der Waals surface area contributed by atoms with Crippen molar-refractivity contribution in [2.24, 2.45) is 0 Å². The summed E-state index contributed by atoms with van der Waals surface area (Å²) < 4.78 is 0. The smallest absolute Gasteiger partial charge is 0.238 e. The van der Waals surface area contributed by atoms with E-state index in [9.17, 15) is 9.90 Å². The summed E-state index contributed by atoms with van der Waals surface area (Å²) in [7, 11) is 0. The zero-order valence-corrected chi connectivity index (χ0v) is 13.6. The zero-order valence-electron chi connectivity index (χ0n) is 13.6. The Labute approximate surface area is 132 Å². The second-order valence-electron chi connectivity index (χ2n) is 5.92. The first kappa shape index (κ1) is 16.9. The number of hydrogen-bond donors (Lipinski definition) is 2. The van der Waals surface area contributed by atoms with E-state index in [2.05, 4.69) is 22.0 Å². The molecule has 0 spiro atoms. The van der Waals surface area contributed by atoms with Gasteiger partial charge in [-0.3, -0.25) is 14.6 Å². The molecular weight excluding hydrogens is 278 g/mol. The number of hydrogen-bond acceptors (Lipinski definition) is 4. The number of aryl methyl sites for hydroxylation is 1. The third-order valence-electron chi connectivity index (χ3n) is 4.39. The van der Waals surface area contributed by atoms with Crippen molar-refractivity contribution < 1.29 is 9.90 Å². The van der Waals surface area contributed by atoms with Gasteiger partial charge in [0.25, 0.3) is 0 Å². The minimum Gasteiger partial charge on any atom is -0.395 e. The summed E-state index contributed by atoms with van der Waals surface area (Å²) in [5.74, 6) is 0.0388. The van der Waals surface area contributed by atoms with E-state index >= 15 is 0 Å². The van der Waals surface area contributed by atoms with Gasteiger partial charge < -0.3 is 10.4 Å². The molecule has 1 atom stereocenters. The van der Waals surface area contributed by atoms with Crippen molar-refractivity contribution in [1.29, 1.82) is 0 Å². The lowest BCUT2D eigenvalue weighted by Crippen LogP contribution is -2.52. The maximum atomic E-state index is 12.2. The summed E-state index contributed by atoms with van der Waals surface area (Å²) >= 11 is 0. The summed E-state index contributed by atoms with van der Waals surface area (Å²) in [5, 5.41) is 12.3. The van der Waals surface area contributed by atoms with Gasteiger partial charge >= 0.3 is 0 Å². The number of benzene rings is 1. The molecule has 1 fully saturated rings. The predicted molar refractivity (Wildman–Crippen MR) is 89.0 cm³/mol. The highest BCUT2D eigenvalue weighted by atomic mass is 16.3. The summed E-state index contributed by atoms with van der Waals surface area (Å²) in [6.45, 7) is 8.31. The van der Waals surface area contributed by atoms with Crippen LogP contribution in [0.25, 0.3) is 0 Å². The summed E-state index contributed by atoms with van der Waals surface area (Å²) in [4.78, 5) is 16.6. The number of aliphatic hydroxyl groups excluding tert-OH is 1. The lowest BCUT2D eigenvalue weighted by atomic mass is 10.1. The molecule has 22 heavy (non-hydrogen) atoms. The Morgan fingerprint density at radius 2 is 1.95 bits per heavy atom. The number of piperazine rings is 1. The standard InChI is InChI=1S/C17H27N3O2/c1-3-15(13-21)20-10-8-19(9-11-20)12-17(22)18-16-7-5-4-6-14(16)2/h4-7,15,21H,3,8-13H2,1-2H3,(H,18,22). The van der Waals surface area contributed by atoms with Crippen molar-refractivity contribution in [3.05, 3.63) is 29.8 Å². The lowest BCUT2D eigenvalue weighted by molar-refractivity contribution is -0.117. The Hall–Kier alpha value is -1.43. The van der Waals surface area contributed by atoms with Gasteiger partial charge in [0.2, 0.25) is 5.91 Å². The van der Waals surface area contributed by atoms with E-state index in [0.717, 1.165) is 43.9 Å². The highest BCUT2D eigenvalue weighted by Gasteiger charge is 2.23. The van der Waals surface area contributed by atoms with Gasteiger partial charge in [-0.05, 0) is 25.0 Å². The van der Waals surface area contributed by atoms with Crippen LogP contribution in [0.2, 0.25) is 0 Å². The van der Waals surface area contributed by atoms with Crippen LogP contribution in [-0.2, 0) is 4.79 Å². The van der Waals surface area contributed by atoms with Gasteiger partial charge in [-0.25, -0.2) is 0 Å². The van der Waals surface area contributed by atoms with Crippen LogP contribution in [0.1, 0.15) is 18.9 Å². The SMILES string of the molecule is CCC(CO)N1CCN(CC(=O)Nc2ccccc2C)CC1. The van der Waals surface area contributed by atoms with Crippen LogP contribution in [-0.4, -0.2) is 66.2 Å². The molecule has 1 heterocycles. The Kier molecular flexibility index (Phi) is 6.36. The van der Waals surface area contributed by atoms with Gasteiger partial charge in [0.15, 0.2) is 0 Å². The number of amides is 1. The third-order valence-corrected chi connectivity index (χ3v) is 4.39. The first-order chi connectivity index (χ1) is 10.6. The van der Waals surface area contributed by atoms with Crippen LogP contribution in [0.5, 0.6) is 0 Å². The molecule has 1 unspecified atom stereocenters. The minimum absolute atomic E-state index is 0.0388. The van der Waals surface area contributed by atoms with Crippen LogP contribution in [0.15, 0.2) is 24.3 Å². The lowest BCUT2D eigenvalue weighted by Gasteiger charge is -2.38. The average Bonchev–Trinajstić information content (AvgIpc) is 2.52. The summed E-state index contributed by atoms with van der Waals surface area (Å²) in [6.07, 6.45) is 0.963. The molecule has 2 N–H and O–H groups in total. The van der Waals surface area contributed by atoms with Gasteiger partial charge in [0.1, 0.15) is 0 Å². The van der Waals surface area contributed by atoms with Crippen LogP contribution in [0.4, 0.5) is 5.69 Å². The Morgan fingerprint density at radius 3 is 2.55 bits per heavy atom. The fraction of sp³-hybridized carbons (Fsp3) is 0.588. The van der Waals surface area contributed by atoms with Crippen LogP contribution in [0, 0.1) is 6.92 Å². The molecule has 1 aromatic rings. The van der Waals surface area contributed by atoms with Crippen molar-refractivity contribution in [2.75, 3.05) is 44.6 Å². The van der Waals surface area contributed by atoms with E-state index in [1.54, 1.807) is 0 Å². The highest BCUT2D eigenvalue weighted by molar-refractivity contribution is 5.92. The van der Waals surface area contributed by atoms with E-state index in [4.69, 9.17) is 0 Å². The number of rotatable bonds is 6. The molecular formula is C17H27N3O2. The van der Waals surface area contributed by atoms with Crippen LogP contribution >= 0.6 is 0 Å². The Bertz CT molecular complexity index is 481. The number of carbonyl (C=O) groups excluding carboxylic acids is 1. The molecule has 1 aliphatic heterocycles. The number of nitrogens with one attached hydrogen (secondary N) is 1. The van der Waals surface area contributed by atoms with E-state index in [0.29, 0.717) is 6.54 Å². The first-order valence-electron chi connectivity index (χ1n) is 8.06. The molecule has 5 heteroatoms. The topological polar surface area (TPSA) is 55.8 Å². The largest absolute Gasteiger partial charge is 0.395 e. The average molecular weight is 305 g/mol. The molecule has 1 aromatic carbocycles. The Morgan fingerprint density at radius 1 is 1.27 bits per heavy atom. The van der Waals surface area contributed by atoms with Crippen molar-refractivity contribution in [1.82, 2.24) is 9.80 Å². The van der Waals surface area contributed by atoms with Crippen LogP contribution < -0.4 is 5.32 Å². The molecule has 0 aromatic heterocycles. The highest BCUT2D eigenvalue weighted by Crippen LogP contribution is 2.13. The number of aliphatic hydroxyl groups is 1. The fourth-order valence-corrected chi connectivity index (χ4v) is 2.90. The van der Waals surface area contributed by atoms with E-state index in [-0.39, 0.29) is 18.6 Å². The molecule has 0 bridgehead atoms. The Balaban J connectivity index is 1.78. The second-order valence-corrected chi connectivity index (χ2v) is 5.92. The van der Waals surface area contributed by atoms with Gasteiger partial charge in [0, 0.05) is 37.9 Å². The minimum atomic E-state index is 0.0388. The number of para-hydroxylation sites is 1. The fourth-order valence-electron chi connectivity index (χ4n) is 2.90. The molecule has 0 aliphatic carbocycles. The van der Waals surface area contributed by atoms with E-state index in [1.165, 1.54) is 0 Å². The third kappa shape index (κ3) is 4.53. The molecule has 1 saturated heterocycles. The number of carbonyl (C=O) groups is 1. The molecule has 2 rings (SSSR count). The molecule has 0 radical (unpaired) electrons. The number of nitrogens with zero attached hydrogens (tertiary/aromatic N) is 2. The first-order valence-corrected chi connectivity index (χ1v) is 8.06.